The summed E-state index contributed by atoms with van der Waals surface area (Å²) in [6.07, 6.45) is 5.04. The van der Waals surface area contributed by atoms with Gasteiger partial charge in [0.25, 0.3) is 0 Å². The molecule has 1 amide bonds. The lowest BCUT2D eigenvalue weighted by molar-refractivity contribution is -0.134. The Balaban J connectivity index is 1.66. The van der Waals surface area contributed by atoms with Crippen molar-refractivity contribution >= 4 is 5.91 Å². The van der Waals surface area contributed by atoms with Crippen LogP contribution in [0.1, 0.15) is 51.1 Å². The fourth-order valence-corrected chi connectivity index (χ4v) is 2.73. The zero-order valence-corrected chi connectivity index (χ0v) is 12.7. The Hall–Kier alpha value is -1.29. The maximum absolute atomic E-state index is 12.1. The molecule has 0 spiro atoms. The molecule has 1 aromatic heterocycles. The zero-order chi connectivity index (χ0) is 14.4. The van der Waals surface area contributed by atoms with E-state index in [2.05, 4.69) is 19.2 Å². The standard InChI is InChI=1S/C16H26N2O2/c1-3-14-7-8-15(20-14)12-17-10-9-16(19)18-11-5-4-6-13(18)2/h7-8,13,17H,3-6,9-12H2,1-2H3/t13-/m1/s1. The van der Waals surface area contributed by atoms with Crippen LogP contribution >= 0.6 is 0 Å². The number of hydrogen-bond donors (Lipinski definition) is 1. The molecule has 0 saturated carbocycles. The number of furan rings is 1. The van der Waals surface area contributed by atoms with Crippen molar-refractivity contribution in [2.45, 2.75) is 58.5 Å². The average molecular weight is 278 g/mol. The maximum atomic E-state index is 12.1. The Morgan fingerprint density at radius 3 is 2.90 bits per heavy atom. The van der Waals surface area contributed by atoms with Gasteiger partial charge >= 0.3 is 0 Å². The lowest BCUT2D eigenvalue weighted by Crippen LogP contribution is -2.42. The molecule has 112 valence electrons. The molecule has 1 aromatic rings. The average Bonchev–Trinajstić information content (AvgIpc) is 2.92. The molecule has 20 heavy (non-hydrogen) atoms. The van der Waals surface area contributed by atoms with Crippen LogP contribution in [0.5, 0.6) is 0 Å². The van der Waals surface area contributed by atoms with Gasteiger partial charge in [0.1, 0.15) is 11.5 Å². The van der Waals surface area contributed by atoms with E-state index >= 15 is 0 Å². The van der Waals surface area contributed by atoms with E-state index in [1.165, 1.54) is 6.42 Å². The summed E-state index contributed by atoms with van der Waals surface area (Å²) in [6, 6.07) is 4.42. The first-order valence-corrected chi connectivity index (χ1v) is 7.78. The van der Waals surface area contributed by atoms with E-state index < -0.39 is 0 Å². The number of carbonyl (C=O) groups excluding carboxylic acids is 1. The Kier molecular flexibility index (Phi) is 5.65. The first-order chi connectivity index (χ1) is 9.70. The summed E-state index contributed by atoms with van der Waals surface area (Å²) in [7, 11) is 0. The van der Waals surface area contributed by atoms with E-state index in [-0.39, 0.29) is 5.91 Å². The number of likely N-dealkylation sites (tertiary alicyclic amines) is 1. The molecule has 1 aliphatic heterocycles. The number of nitrogens with zero attached hydrogens (tertiary/aromatic N) is 1. The summed E-state index contributed by atoms with van der Waals surface area (Å²) >= 11 is 0. The van der Waals surface area contributed by atoms with Gasteiger partial charge < -0.3 is 14.6 Å². The van der Waals surface area contributed by atoms with Crippen molar-refractivity contribution in [3.63, 3.8) is 0 Å². The number of aryl methyl sites for hydroxylation is 1. The maximum Gasteiger partial charge on any atom is 0.224 e. The lowest BCUT2D eigenvalue weighted by atomic mass is 10.0. The predicted molar refractivity (Wildman–Crippen MR) is 79.4 cm³/mol. The molecule has 1 saturated heterocycles. The molecule has 1 N–H and O–H groups in total. The Labute approximate surface area is 121 Å². The SMILES string of the molecule is CCc1ccc(CNCCC(=O)N2CCCC[C@H]2C)o1. The van der Waals surface area contributed by atoms with Crippen molar-refractivity contribution in [3.8, 4) is 0 Å². The van der Waals surface area contributed by atoms with Crippen LogP contribution in [0.4, 0.5) is 0 Å². The van der Waals surface area contributed by atoms with Gasteiger partial charge in [0.15, 0.2) is 0 Å². The van der Waals surface area contributed by atoms with Crippen molar-refractivity contribution < 1.29 is 9.21 Å². The Bertz CT molecular complexity index is 428. The number of rotatable bonds is 6. The van der Waals surface area contributed by atoms with Crippen LogP contribution in [0.15, 0.2) is 16.5 Å². The van der Waals surface area contributed by atoms with Gasteiger partial charge in [-0.2, -0.15) is 0 Å². The van der Waals surface area contributed by atoms with Gasteiger partial charge in [0.2, 0.25) is 5.91 Å². The molecule has 2 heterocycles. The van der Waals surface area contributed by atoms with Crippen LogP contribution in [0.25, 0.3) is 0 Å². The monoisotopic (exact) mass is 278 g/mol. The second-order valence-electron chi connectivity index (χ2n) is 5.58. The van der Waals surface area contributed by atoms with Crippen LogP contribution in [-0.4, -0.2) is 29.9 Å². The van der Waals surface area contributed by atoms with Gasteiger partial charge in [-0.3, -0.25) is 4.79 Å². The molecule has 1 atom stereocenters. The molecular formula is C16H26N2O2. The van der Waals surface area contributed by atoms with Crippen molar-refractivity contribution in [1.29, 1.82) is 0 Å². The van der Waals surface area contributed by atoms with E-state index in [0.29, 0.717) is 25.6 Å². The minimum Gasteiger partial charge on any atom is -0.465 e. The summed E-state index contributed by atoms with van der Waals surface area (Å²) in [5, 5.41) is 3.28. The number of hydrogen-bond acceptors (Lipinski definition) is 3. The largest absolute Gasteiger partial charge is 0.465 e. The molecule has 0 unspecified atom stereocenters. The highest BCUT2D eigenvalue weighted by molar-refractivity contribution is 5.76. The summed E-state index contributed by atoms with van der Waals surface area (Å²) in [6.45, 7) is 6.57. The molecule has 0 aromatic carbocycles. The molecule has 1 fully saturated rings. The van der Waals surface area contributed by atoms with E-state index in [9.17, 15) is 4.79 Å². The number of amides is 1. The van der Waals surface area contributed by atoms with Crippen LogP contribution in [0.2, 0.25) is 0 Å². The number of nitrogens with one attached hydrogen (secondary N) is 1. The summed E-state index contributed by atoms with van der Waals surface area (Å²) in [4.78, 5) is 14.2. The van der Waals surface area contributed by atoms with Gasteiger partial charge in [0, 0.05) is 32.0 Å². The third-order valence-electron chi connectivity index (χ3n) is 4.00. The number of piperidine rings is 1. The van der Waals surface area contributed by atoms with Gasteiger partial charge in [-0.1, -0.05) is 6.92 Å². The predicted octanol–water partition coefficient (Wildman–Crippen LogP) is 2.72. The molecule has 0 aliphatic carbocycles. The molecule has 1 aliphatic rings. The molecule has 2 rings (SSSR count). The van der Waals surface area contributed by atoms with Gasteiger partial charge in [-0.15, -0.1) is 0 Å². The highest BCUT2D eigenvalue weighted by Crippen LogP contribution is 2.17. The topological polar surface area (TPSA) is 45.5 Å². The van der Waals surface area contributed by atoms with Crippen LogP contribution in [-0.2, 0) is 17.8 Å². The van der Waals surface area contributed by atoms with E-state index in [1.807, 2.05) is 17.0 Å². The van der Waals surface area contributed by atoms with E-state index in [1.54, 1.807) is 0 Å². The van der Waals surface area contributed by atoms with Crippen LogP contribution in [0.3, 0.4) is 0 Å². The molecule has 0 bridgehead atoms. The minimum atomic E-state index is 0.276. The van der Waals surface area contributed by atoms with E-state index in [0.717, 1.165) is 37.3 Å². The Morgan fingerprint density at radius 1 is 1.40 bits per heavy atom. The highest BCUT2D eigenvalue weighted by Gasteiger charge is 2.22. The van der Waals surface area contributed by atoms with Crippen molar-refractivity contribution in [2.75, 3.05) is 13.1 Å². The quantitative estimate of drug-likeness (QED) is 0.814. The zero-order valence-electron chi connectivity index (χ0n) is 12.7. The third kappa shape index (κ3) is 4.10. The minimum absolute atomic E-state index is 0.276. The van der Waals surface area contributed by atoms with Crippen molar-refractivity contribution in [2.24, 2.45) is 0 Å². The van der Waals surface area contributed by atoms with Gasteiger partial charge in [0.05, 0.1) is 6.54 Å². The van der Waals surface area contributed by atoms with Gasteiger partial charge in [-0.05, 0) is 38.3 Å². The fraction of sp³-hybridized carbons (Fsp3) is 0.688. The normalized spacial score (nSPS) is 19.3. The molecular weight excluding hydrogens is 252 g/mol. The van der Waals surface area contributed by atoms with Crippen LogP contribution < -0.4 is 5.32 Å². The van der Waals surface area contributed by atoms with Crippen molar-refractivity contribution in [3.05, 3.63) is 23.7 Å². The number of carbonyl (C=O) groups is 1. The first kappa shape index (κ1) is 15.1. The molecule has 4 nitrogen and oxygen atoms in total. The second-order valence-corrected chi connectivity index (χ2v) is 5.58. The first-order valence-electron chi connectivity index (χ1n) is 7.78. The molecule has 0 radical (unpaired) electrons. The van der Waals surface area contributed by atoms with Crippen LogP contribution in [0, 0.1) is 0 Å². The second kappa shape index (κ2) is 7.48. The highest BCUT2D eigenvalue weighted by atomic mass is 16.3. The summed E-state index contributed by atoms with van der Waals surface area (Å²) in [5.41, 5.74) is 0. The smallest absolute Gasteiger partial charge is 0.224 e. The summed E-state index contributed by atoms with van der Waals surface area (Å²) in [5.74, 6) is 2.24. The van der Waals surface area contributed by atoms with Crippen molar-refractivity contribution in [1.82, 2.24) is 10.2 Å². The molecule has 4 heteroatoms. The fourth-order valence-electron chi connectivity index (χ4n) is 2.73. The van der Waals surface area contributed by atoms with E-state index in [4.69, 9.17) is 4.42 Å². The lowest BCUT2D eigenvalue weighted by Gasteiger charge is -2.33. The Morgan fingerprint density at radius 2 is 2.20 bits per heavy atom. The third-order valence-corrected chi connectivity index (χ3v) is 4.00. The van der Waals surface area contributed by atoms with Gasteiger partial charge in [-0.25, -0.2) is 0 Å². The summed E-state index contributed by atoms with van der Waals surface area (Å²) < 4.78 is 5.62.